The minimum Gasteiger partial charge on any atom is -0.473 e. The van der Waals surface area contributed by atoms with Gasteiger partial charge in [0, 0.05) is 11.6 Å². The van der Waals surface area contributed by atoms with Gasteiger partial charge in [-0.05, 0) is 45.0 Å². The lowest BCUT2D eigenvalue weighted by molar-refractivity contribution is 0.143. The molecule has 0 aliphatic carbocycles. The number of urea groups is 1. The molecule has 0 bridgehead atoms. The van der Waals surface area contributed by atoms with E-state index in [0.717, 1.165) is 11.1 Å². The van der Waals surface area contributed by atoms with Crippen LogP contribution < -0.4 is 4.72 Å². The molecule has 1 unspecified atom stereocenters. The molecule has 28 heavy (non-hydrogen) atoms. The smallest absolute Gasteiger partial charge is 0.333 e. The average Bonchev–Trinajstić information content (AvgIpc) is 3.11. The number of sulfonamides is 1. The fraction of sp³-hybridized carbons (Fsp3) is 0.300. The maximum absolute atomic E-state index is 12.8. The summed E-state index contributed by atoms with van der Waals surface area (Å²) in [6.45, 7) is 5.63. The van der Waals surface area contributed by atoms with Crippen LogP contribution in [0.1, 0.15) is 25.0 Å². The lowest BCUT2D eigenvalue weighted by Gasteiger charge is -2.29. The van der Waals surface area contributed by atoms with Gasteiger partial charge < -0.3 is 4.74 Å². The first kappa shape index (κ1) is 19.9. The van der Waals surface area contributed by atoms with Crippen LogP contribution in [0.15, 0.2) is 64.5 Å². The van der Waals surface area contributed by atoms with Gasteiger partial charge in [-0.1, -0.05) is 35.9 Å². The quantitative estimate of drug-likeness (QED) is 0.834. The Morgan fingerprint density at radius 1 is 1.14 bits per heavy atom. The van der Waals surface area contributed by atoms with E-state index in [9.17, 15) is 13.2 Å². The molecule has 0 saturated carbocycles. The highest BCUT2D eigenvalue weighted by molar-refractivity contribution is 7.90. The van der Waals surface area contributed by atoms with Crippen molar-refractivity contribution in [2.24, 2.45) is 4.99 Å². The largest absolute Gasteiger partial charge is 0.473 e. The van der Waals surface area contributed by atoms with Gasteiger partial charge >= 0.3 is 6.03 Å². The second-order valence-corrected chi connectivity index (χ2v) is 8.50. The van der Waals surface area contributed by atoms with E-state index in [4.69, 9.17) is 4.74 Å². The zero-order valence-electron chi connectivity index (χ0n) is 16.0. The summed E-state index contributed by atoms with van der Waals surface area (Å²) in [7, 11) is -3.98. The first-order valence-corrected chi connectivity index (χ1v) is 10.4. The highest BCUT2D eigenvalue weighted by atomic mass is 32.2. The molecule has 0 aromatic heterocycles. The number of ether oxygens (including phenoxy) is 1. The van der Waals surface area contributed by atoms with Crippen molar-refractivity contribution in [3.05, 3.63) is 65.7 Å². The summed E-state index contributed by atoms with van der Waals surface area (Å²) in [5.74, 6) is 0.436. The van der Waals surface area contributed by atoms with Crippen LogP contribution in [-0.2, 0) is 14.8 Å². The third-order valence-corrected chi connectivity index (χ3v) is 5.66. The Balaban J connectivity index is 1.80. The van der Waals surface area contributed by atoms with Crippen LogP contribution in [0.5, 0.6) is 0 Å². The molecule has 1 N–H and O–H groups in total. The summed E-state index contributed by atoms with van der Waals surface area (Å²) in [4.78, 5) is 18.7. The van der Waals surface area contributed by atoms with E-state index in [1.54, 1.807) is 26.0 Å². The van der Waals surface area contributed by atoms with Crippen molar-refractivity contribution in [3.8, 4) is 0 Å². The third kappa shape index (κ3) is 4.33. The number of aliphatic imine (C=N–C) groups is 1. The second kappa shape index (κ2) is 8.02. The number of nitrogens with zero attached hydrogens (tertiary/aromatic N) is 2. The van der Waals surface area contributed by atoms with Crippen LogP contribution in [-0.4, -0.2) is 44.1 Å². The van der Waals surface area contributed by atoms with E-state index < -0.39 is 22.2 Å². The molecule has 2 aromatic rings. The normalized spacial score (nSPS) is 16.4. The van der Waals surface area contributed by atoms with Crippen molar-refractivity contribution in [1.29, 1.82) is 0 Å². The van der Waals surface area contributed by atoms with Gasteiger partial charge in [0.05, 0.1) is 4.90 Å². The lowest BCUT2D eigenvalue weighted by atomic mass is 10.2. The van der Waals surface area contributed by atoms with Crippen molar-refractivity contribution in [3.63, 3.8) is 0 Å². The van der Waals surface area contributed by atoms with Gasteiger partial charge in [-0.25, -0.2) is 22.9 Å². The number of nitrogens with one attached hydrogen (secondary N) is 1. The molecule has 8 heteroatoms. The number of amides is 2. The summed E-state index contributed by atoms with van der Waals surface area (Å²) in [5.41, 5.74) is 1.74. The first-order valence-electron chi connectivity index (χ1n) is 8.96. The van der Waals surface area contributed by atoms with Crippen LogP contribution in [0.3, 0.4) is 0 Å². The van der Waals surface area contributed by atoms with Gasteiger partial charge in [0.15, 0.2) is 6.17 Å². The Hall–Kier alpha value is -2.87. The number of hydrogen-bond acceptors (Lipinski definition) is 5. The summed E-state index contributed by atoms with van der Waals surface area (Å²) >= 11 is 0. The number of hydrogen-bond donors (Lipinski definition) is 1. The predicted molar refractivity (Wildman–Crippen MR) is 107 cm³/mol. The van der Waals surface area contributed by atoms with Crippen molar-refractivity contribution in [2.45, 2.75) is 37.9 Å². The second-order valence-electron chi connectivity index (χ2n) is 6.82. The van der Waals surface area contributed by atoms with Crippen LogP contribution in [0.4, 0.5) is 4.79 Å². The Morgan fingerprint density at radius 2 is 1.79 bits per heavy atom. The van der Waals surface area contributed by atoms with Crippen LogP contribution in [0, 0.1) is 6.92 Å². The van der Waals surface area contributed by atoms with E-state index in [1.165, 1.54) is 17.0 Å². The van der Waals surface area contributed by atoms with Crippen molar-refractivity contribution >= 4 is 22.0 Å². The molecule has 0 saturated heterocycles. The summed E-state index contributed by atoms with van der Waals surface area (Å²) in [6.07, 6.45) is -0.608. The molecule has 0 fully saturated rings. The molecular weight excluding hydrogens is 378 g/mol. The van der Waals surface area contributed by atoms with Gasteiger partial charge in [0.25, 0.3) is 10.0 Å². The molecule has 1 heterocycles. The molecule has 0 spiro atoms. The lowest BCUT2D eigenvalue weighted by Crippen LogP contribution is -2.51. The standard InChI is InChI=1S/C20H23N3O4S/c1-14(2)23(18-13-27-19(21-18)16-7-5-4-6-8-16)20(24)22-28(25,26)17-11-9-15(3)10-12-17/h4-12,14,18H,13H2,1-3H3,(H,22,24). The molecule has 1 aliphatic rings. The predicted octanol–water partition coefficient (Wildman–Crippen LogP) is 2.91. The molecule has 148 valence electrons. The highest BCUT2D eigenvalue weighted by Crippen LogP contribution is 2.18. The number of benzene rings is 2. The zero-order chi connectivity index (χ0) is 20.3. The van der Waals surface area contributed by atoms with E-state index in [1.807, 2.05) is 37.3 Å². The third-order valence-electron chi connectivity index (χ3n) is 4.32. The molecule has 1 atom stereocenters. The summed E-state index contributed by atoms with van der Waals surface area (Å²) < 4.78 is 32.9. The molecule has 3 rings (SSSR count). The SMILES string of the molecule is Cc1ccc(S(=O)(=O)NC(=O)N(C(C)C)C2COC(c3ccccc3)=N2)cc1. The van der Waals surface area contributed by atoms with E-state index in [2.05, 4.69) is 9.71 Å². The Kier molecular flexibility index (Phi) is 5.69. The molecule has 1 aliphatic heterocycles. The highest BCUT2D eigenvalue weighted by Gasteiger charge is 2.33. The molecular formula is C20H23N3O4S. The fourth-order valence-electron chi connectivity index (χ4n) is 2.90. The minimum absolute atomic E-state index is 0.0336. The van der Waals surface area contributed by atoms with Gasteiger partial charge in [0.2, 0.25) is 5.90 Å². The first-order chi connectivity index (χ1) is 13.3. The Labute approximate surface area is 165 Å². The van der Waals surface area contributed by atoms with Crippen molar-refractivity contribution in [1.82, 2.24) is 9.62 Å². The van der Waals surface area contributed by atoms with E-state index in [-0.39, 0.29) is 17.5 Å². The van der Waals surface area contributed by atoms with E-state index >= 15 is 0 Å². The molecule has 7 nitrogen and oxygen atoms in total. The van der Waals surface area contributed by atoms with Gasteiger partial charge in [-0.15, -0.1) is 0 Å². The summed E-state index contributed by atoms with van der Waals surface area (Å²) in [5, 5.41) is 0. The Morgan fingerprint density at radius 3 is 2.39 bits per heavy atom. The van der Waals surface area contributed by atoms with Gasteiger partial charge in [0.1, 0.15) is 6.61 Å². The number of aryl methyl sites for hydroxylation is 1. The van der Waals surface area contributed by atoms with Crippen LogP contribution in [0.2, 0.25) is 0 Å². The van der Waals surface area contributed by atoms with E-state index in [0.29, 0.717) is 5.90 Å². The fourth-order valence-corrected chi connectivity index (χ4v) is 3.85. The van der Waals surface area contributed by atoms with Crippen molar-refractivity contribution < 1.29 is 17.9 Å². The molecule has 0 radical (unpaired) electrons. The maximum atomic E-state index is 12.8. The monoisotopic (exact) mass is 401 g/mol. The van der Waals surface area contributed by atoms with Crippen LogP contribution in [0.25, 0.3) is 0 Å². The van der Waals surface area contributed by atoms with Gasteiger partial charge in [-0.2, -0.15) is 0 Å². The number of rotatable bonds is 5. The maximum Gasteiger partial charge on any atom is 0.333 e. The molecule has 2 aromatic carbocycles. The number of carbonyl (C=O) groups excluding carboxylic acids is 1. The summed E-state index contributed by atoms with van der Waals surface area (Å²) in [6, 6.07) is 14.6. The van der Waals surface area contributed by atoms with Crippen LogP contribution >= 0.6 is 0 Å². The number of carbonyl (C=O) groups is 1. The zero-order valence-corrected chi connectivity index (χ0v) is 16.8. The minimum atomic E-state index is -3.98. The van der Waals surface area contributed by atoms with Crippen molar-refractivity contribution in [2.75, 3.05) is 6.61 Å². The Bertz CT molecular complexity index is 970. The topological polar surface area (TPSA) is 88.1 Å². The molecule has 2 amide bonds. The van der Waals surface area contributed by atoms with Gasteiger partial charge in [-0.3, -0.25) is 4.90 Å². The average molecular weight is 401 g/mol.